The zero-order valence-electron chi connectivity index (χ0n) is 21.8. The molecule has 188 valence electrons. The van der Waals surface area contributed by atoms with E-state index in [1.54, 1.807) is 11.1 Å². The Balaban J connectivity index is 1.27. The van der Waals surface area contributed by atoms with Gasteiger partial charge in [-0.2, -0.15) is 0 Å². The first-order chi connectivity index (χ1) is 19.3. The van der Waals surface area contributed by atoms with E-state index in [0.29, 0.717) is 0 Å². The zero-order chi connectivity index (χ0) is 25.6. The van der Waals surface area contributed by atoms with Crippen molar-refractivity contribution in [3.05, 3.63) is 126 Å². The van der Waals surface area contributed by atoms with E-state index < -0.39 is 0 Å². The first-order valence-corrected chi connectivity index (χ1v) is 14.3. The van der Waals surface area contributed by atoms with Crippen LogP contribution in [-0.2, 0) is 5.41 Å². The van der Waals surface area contributed by atoms with Crippen molar-refractivity contribution in [2.75, 3.05) is 4.90 Å². The summed E-state index contributed by atoms with van der Waals surface area (Å²) < 4.78 is 6.17. The summed E-state index contributed by atoms with van der Waals surface area (Å²) in [7, 11) is 0. The van der Waals surface area contributed by atoms with Crippen molar-refractivity contribution < 1.29 is 4.42 Å². The standard InChI is InChI=1S/C37H29NO/c1-2-8-26(9-3-1)38(27-17-19-36-32(21-27)31-11-5-7-13-35(31)39-36)28-16-18-30-29-10-4-6-12-33(29)37(34(30)22-28)23-24-14-15-25(37)20-24/h1-13,16-19,21-22,24-25H,14-15,20,23H2. The highest BCUT2D eigenvalue weighted by atomic mass is 16.3. The van der Waals surface area contributed by atoms with Crippen LogP contribution in [0.15, 0.2) is 120 Å². The summed E-state index contributed by atoms with van der Waals surface area (Å²) in [6, 6.07) is 42.2. The third-order valence-electron chi connectivity index (χ3n) is 9.92. The molecule has 1 heterocycles. The van der Waals surface area contributed by atoms with Crippen molar-refractivity contribution in [2.24, 2.45) is 11.8 Å². The van der Waals surface area contributed by atoms with Crippen LogP contribution in [0.4, 0.5) is 17.1 Å². The second-order valence-corrected chi connectivity index (χ2v) is 11.8. The van der Waals surface area contributed by atoms with Gasteiger partial charge in [0.2, 0.25) is 0 Å². The van der Waals surface area contributed by atoms with Gasteiger partial charge in [-0.3, -0.25) is 0 Å². The van der Waals surface area contributed by atoms with Gasteiger partial charge in [-0.25, -0.2) is 0 Å². The Morgan fingerprint density at radius 1 is 0.590 bits per heavy atom. The molecule has 1 aromatic heterocycles. The van der Waals surface area contributed by atoms with E-state index in [2.05, 4.69) is 114 Å². The van der Waals surface area contributed by atoms with Crippen LogP contribution in [0, 0.1) is 11.8 Å². The highest BCUT2D eigenvalue weighted by Crippen LogP contribution is 2.66. The van der Waals surface area contributed by atoms with E-state index in [0.717, 1.165) is 39.5 Å². The monoisotopic (exact) mass is 503 g/mol. The molecule has 3 atom stereocenters. The zero-order valence-corrected chi connectivity index (χ0v) is 21.8. The lowest BCUT2D eigenvalue weighted by Crippen LogP contribution is -2.31. The molecule has 0 aliphatic heterocycles. The van der Waals surface area contributed by atoms with Crippen molar-refractivity contribution in [2.45, 2.75) is 31.1 Å². The molecule has 0 N–H and O–H groups in total. The maximum absolute atomic E-state index is 6.17. The Hall–Kier alpha value is -4.30. The molecule has 9 rings (SSSR count). The summed E-state index contributed by atoms with van der Waals surface area (Å²) in [5.74, 6) is 1.61. The van der Waals surface area contributed by atoms with Gasteiger partial charge in [0.1, 0.15) is 11.2 Å². The number of hydrogen-bond donors (Lipinski definition) is 0. The number of anilines is 3. The maximum atomic E-state index is 6.17. The fourth-order valence-electron chi connectivity index (χ4n) is 8.39. The van der Waals surface area contributed by atoms with Crippen LogP contribution in [0.2, 0.25) is 0 Å². The number of hydrogen-bond acceptors (Lipinski definition) is 2. The largest absolute Gasteiger partial charge is 0.456 e. The summed E-state index contributed by atoms with van der Waals surface area (Å²) in [5, 5.41) is 2.31. The summed E-state index contributed by atoms with van der Waals surface area (Å²) in [6.07, 6.45) is 5.43. The van der Waals surface area contributed by atoms with Gasteiger partial charge >= 0.3 is 0 Å². The molecular weight excluding hydrogens is 474 g/mol. The van der Waals surface area contributed by atoms with Crippen LogP contribution < -0.4 is 4.90 Å². The Bertz CT molecular complexity index is 1900. The molecule has 2 saturated carbocycles. The normalized spacial score (nSPS) is 22.6. The van der Waals surface area contributed by atoms with E-state index in [9.17, 15) is 0 Å². The van der Waals surface area contributed by atoms with Gasteiger partial charge in [0, 0.05) is 33.2 Å². The van der Waals surface area contributed by atoms with Crippen molar-refractivity contribution in [3.8, 4) is 11.1 Å². The predicted molar refractivity (Wildman–Crippen MR) is 160 cm³/mol. The lowest BCUT2D eigenvalue weighted by molar-refractivity contribution is 0.327. The Labute approximate surface area is 228 Å². The quantitative estimate of drug-likeness (QED) is 0.239. The van der Waals surface area contributed by atoms with Gasteiger partial charge in [-0.15, -0.1) is 0 Å². The first-order valence-electron chi connectivity index (χ1n) is 14.3. The molecule has 39 heavy (non-hydrogen) atoms. The minimum Gasteiger partial charge on any atom is -0.456 e. The molecule has 2 fully saturated rings. The van der Waals surface area contributed by atoms with E-state index in [4.69, 9.17) is 4.42 Å². The number of nitrogens with zero attached hydrogens (tertiary/aromatic N) is 1. The van der Waals surface area contributed by atoms with Gasteiger partial charge < -0.3 is 9.32 Å². The average molecular weight is 504 g/mol. The van der Waals surface area contributed by atoms with Crippen LogP contribution in [0.5, 0.6) is 0 Å². The molecular formula is C37H29NO. The summed E-state index contributed by atoms with van der Waals surface area (Å²) >= 11 is 0. The smallest absolute Gasteiger partial charge is 0.135 e. The maximum Gasteiger partial charge on any atom is 0.135 e. The van der Waals surface area contributed by atoms with E-state index in [1.165, 1.54) is 48.2 Å². The Morgan fingerprint density at radius 2 is 1.33 bits per heavy atom. The Kier molecular flexibility index (Phi) is 4.36. The van der Waals surface area contributed by atoms with Crippen LogP contribution >= 0.6 is 0 Å². The molecule has 2 heteroatoms. The number of furan rings is 1. The van der Waals surface area contributed by atoms with E-state index in [1.807, 2.05) is 6.07 Å². The molecule has 1 spiro atoms. The molecule has 3 unspecified atom stereocenters. The van der Waals surface area contributed by atoms with Crippen molar-refractivity contribution in [1.29, 1.82) is 0 Å². The molecule has 3 aliphatic carbocycles. The molecule has 6 aromatic rings. The number of benzene rings is 5. The fourth-order valence-corrected chi connectivity index (χ4v) is 8.39. The van der Waals surface area contributed by atoms with Gasteiger partial charge in [0.25, 0.3) is 0 Å². The molecule has 2 nitrogen and oxygen atoms in total. The molecule has 5 aromatic carbocycles. The van der Waals surface area contributed by atoms with Gasteiger partial charge in [0.15, 0.2) is 0 Å². The summed E-state index contributed by atoms with van der Waals surface area (Å²) in [6.45, 7) is 0. The van der Waals surface area contributed by atoms with E-state index >= 15 is 0 Å². The van der Waals surface area contributed by atoms with E-state index in [-0.39, 0.29) is 5.41 Å². The first kappa shape index (κ1) is 21.6. The van der Waals surface area contributed by atoms with Gasteiger partial charge in [-0.05, 0) is 102 Å². The average Bonchev–Trinajstić information content (AvgIpc) is 3.76. The number of rotatable bonds is 3. The lowest BCUT2D eigenvalue weighted by Gasteiger charge is -2.37. The molecule has 0 amide bonds. The van der Waals surface area contributed by atoms with Crippen LogP contribution in [0.3, 0.4) is 0 Å². The fraction of sp³-hybridized carbons (Fsp3) is 0.189. The van der Waals surface area contributed by atoms with Gasteiger partial charge in [0.05, 0.1) is 0 Å². The predicted octanol–water partition coefficient (Wildman–Crippen LogP) is 10.1. The van der Waals surface area contributed by atoms with Crippen molar-refractivity contribution in [1.82, 2.24) is 0 Å². The molecule has 0 radical (unpaired) electrons. The minimum atomic E-state index is 0.165. The van der Waals surface area contributed by atoms with Gasteiger partial charge in [-0.1, -0.05) is 73.2 Å². The van der Waals surface area contributed by atoms with Crippen LogP contribution in [-0.4, -0.2) is 0 Å². The Morgan fingerprint density at radius 3 is 2.21 bits per heavy atom. The highest BCUT2D eigenvalue weighted by Gasteiger charge is 2.56. The number of fused-ring (bicyclic) bond motifs is 11. The highest BCUT2D eigenvalue weighted by molar-refractivity contribution is 6.06. The second kappa shape index (κ2) is 7.86. The minimum absolute atomic E-state index is 0.165. The molecule has 3 aliphatic rings. The molecule has 0 saturated heterocycles. The lowest BCUT2D eigenvalue weighted by atomic mass is 9.67. The van der Waals surface area contributed by atoms with Crippen LogP contribution in [0.25, 0.3) is 33.1 Å². The molecule has 2 bridgehead atoms. The van der Waals surface area contributed by atoms with Crippen molar-refractivity contribution >= 4 is 39.0 Å². The third kappa shape index (κ3) is 2.92. The van der Waals surface area contributed by atoms with Crippen molar-refractivity contribution in [3.63, 3.8) is 0 Å². The summed E-state index contributed by atoms with van der Waals surface area (Å²) in [4.78, 5) is 2.42. The van der Waals surface area contributed by atoms with Crippen LogP contribution in [0.1, 0.15) is 36.8 Å². The third-order valence-corrected chi connectivity index (χ3v) is 9.92. The summed E-state index contributed by atoms with van der Waals surface area (Å²) in [5.41, 5.74) is 11.6. The SMILES string of the molecule is c1ccc(N(c2ccc3c(c2)C2(CC4CCC2C4)c2ccccc2-3)c2ccc3oc4ccccc4c3c2)cc1. The number of para-hydroxylation sites is 2. The topological polar surface area (TPSA) is 16.4 Å². The second-order valence-electron chi connectivity index (χ2n) is 11.8.